The Morgan fingerprint density at radius 3 is 2.54 bits per heavy atom. The Kier molecular flexibility index (Phi) is 4.56. The zero-order chi connectivity index (χ0) is 17.6. The average molecular weight is 340 g/mol. The average Bonchev–Trinajstić information content (AvgIpc) is 2.72. The van der Waals surface area contributed by atoms with Gasteiger partial charge in [0.2, 0.25) is 0 Å². The quantitative estimate of drug-likeness (QED) is 0.598. The van der Waals surface area contributed by atoms with E-state index in [0.29, 0.717) is 12.4 Å². The van der Waals surface area contributed by atoms with Gasteiger partial charge in [-0.25, -0.2) is 19.9 Å². The molecule has 0 radical (unpaired) electrons. The topological polar surface area (TPSA) is 76.5 Å². The molecule has 0 spiro atoms. The third kappa shape index (κ3) is 3.70. The number of hydrogen-bond acceptors (Lipinski definition) is 6. The van der Waals surface area contributed by atoms with E-state index >= 15 is 0 Å². The lowest BCUT2D eigenvalue weighted by atomic mass is 10.2. The molecule has 126 valence electrons. The van der Waals surface area contributed by atoms with Crippen molar-refractivity contribution in [3.05, 3.63) is 84.5 Å². The maximum atomic E-state index is 4.65. The van der Waals surface area contributed by atoms with Crippen LogP contribution in [0.3, 0.4) is 0 Å². The van der Waals surface area contributed by atoms with E-state index in [4.69, 9.17) is 0 Å². The summed E-state index contributed by atoms with van der Waals surface area (Å²) in [6.07, 6.45) is 12.4. The standard InChI is InChI=1S/C20H16N6/c1-2-4-15(5-3-1)6-7-19-25-18-13-21-9-8-17(18)20(26-19)24-12-16-10-22-14-23-11-16/h1-11,13-14H,12H2,(H,24,25,26)/b7-6+. The summed E-state index contributed by atoms with van der Waals surface area (Å²) in [6, 6.07) is 12.0. The fraction of sp³-hybridized carbons (Fsp3) is 0.0500. The Hall–Kier alpha value is -3.67. The van der Waals surface area contributed by atoms with Crippen LogP contribution in [-0.4, -0.2) is 24.9 Å². The molecule has 0 aliphatic carbocycles. The number of nitrogens with one attached hydrogen (secondary N) is 1. The molecular formula is C20H16N6. The van der Waals surface area contributed by atoms with Gasteiger partial charge in [0.25, 0.3) is 0 Å². The molecule has 0 saturated carbocycles. The molecule has 4 rings (SSSR count). The Labute approximate surface area is 150 Å². The molecule has 0 amide bonds. The van der Waals surface area contributed by atoms with Crippen molar-refractivity contribution >= 4 is 28.9 Å². The normalized spacial score (nSPS) is 11.1. The van der Waals surface area contributed by atoms with Crippen LogP contribution >= 0.6 is 0 Å². The molecule has 26 heavy (non-hydrogen) atoms. The summed E-state index contributed by atoms with van der Waals surface area (Å²) in [6.45, 7) is 0.580. The monoisotopic (exact) mass is 340 g/mol. The smallest absolute Gasteiger partial charge is 0.155 e. The van der Waals surface area contributed by atoms with Crippen LogP contribution in [0.1, 0.15) is 17.0 Å². The lowest BCUT2D eigenvalue weighted by molar-refractivity contribution is 1.03. The van der Waals surface area contributed by atoms with Crippen LogP contribution in [0, 0.1) is 0 Å². The molecule has 0 aliphatic rings. The van der Waals surface area contributed by atoms with Crippen molar-refractivity contribution in [1.29, 1.82) is 0 Å². The van der Waals surface area contributed by atoms with Gasteiger partial charge < -0.3 is 5.32 Å². The molecule has 0 aliphatic heterocycles. The lowest BCUT2D eigenvalue weighted by Gasteiger charge is -2.09. The molecule has 1 aromatic carbocycles. The highest BCUT2D eigenvalue weighted by Crippen LogP contribution is 2.20. The molecule has 4 aromatic rings. The number of rotatable bonds is 5. The maximum Gasteiger partial charge on any atom is 0.155 e. The minimum absolute atomic E-state index is 0.580. The van der Waals surface area contributed by atoms with E-state index in [1.807, 2.05) is 48.6 Å². The molecule has 3 heterocycles. The first-order chi connectivity index (χ1) is 12.9. The second kappa shape index (κ2) is 7.48. The number of aromatic nitrogens is 5. The van der Waals surface area contributed by atoms with Crippen LogP contribution in [0.25, 0.3) is 23.1 Å². The molecule has 6 heteroatoms. The second-order valence-corrected chi connectivity index (χ2v) is 5.67. The molecule has 0 saturated heterocycles. The highest BCUT2D eigenvalue weighted by atomic mass is 15.0. The number of anilines is 1. The molecule has 3 aromatic heterocycles. The highest BCUT2D eigenvalue weighted by Gasteiger charge is 2.06. The predicted octanol–water partition coefficient (Wildman–Crippen LogP) is 3.60. The van der Waals surface area contributed by atoms with Crippen molar-refractivity contribution in [2.75, 3.05) is 5.32 Å². The van der Waals surface area contributed by atoms with Gasteiger partial charge in [0.05, 0.1) is 11.7 Å². The fourth-order valence-corrected chi connectivity index (χ4v) is 2.55. The van der Waals surface area contributed by atoms with E-state index in [0.717, 1.165) is 27.8 Å². The van der Waals surface area contributed by atoms with Crippen LogP contribution in [0.4, 0.5) is 5.82 Å². The van der Waals surface area contributed by atoms with E-state index in [1.54, 1.807) is 24.8 Å². The summed E-state index contributed by atoms with van der Waals surface area (Å²) in [7, 11) is 0. The van der Waals surface area contributed by atoms with E-state index < -0.39 is 0 Å². The minimum Gasteiger partial charge on any atom is -0.365 e. The Bertz CT molecular complexity index is 1030. The molecular weight excluding hydrogens is 324 g/mol. The van der Waals surface area contributed by atoms with E-state index in [9.17, 15) is 0 Å². The Balaban J connectivity index is 1.65. The van der Waals surface area contributed by atoms with Crippen molar-refractivity contribution in [2.45, 2.75) is 6.54 Å². The van der Waals surface area contributed by atoms with E-state index in [-0.39, 0.29) is 0 Å². The van der Waals surface area contributed by atoms with Crippen molar-refractivity contribution < 1.29 is 0 Å². The van der Waals surface area contributed by atoms with Gasteiger partial charge in [-0.3, -0.25) is 4.98 Å². The molecule has 0 unspecified atom stereocenters. The second-order valence-electron chi connectivity index (χ2n) is 5.67. The van der Waals surface area contributed by atoms with Gasteiger partial charge in [-0.05, 0) is 17.7 Å². The minimum atomic E-state index is 0.580. The van der Waals surface area contributed by atoms with Crippen LogP contribution in [0.2, 0.25) is 0 Å². The molecule has 0 atom stereocenters. The van der Waals surface area contributed by atoms with Crippen molar-refractivity contribution in [1.82, 2.24) is 24.9 Å². The first-order valence-electron chi connectivity index (χ1n) is 8.21. The Morgan fingerprint density at radius 2 is 1.69 bits per heavy atom. The van der Waals surface area contributed by atoms with Crippen LogP contribution < -0.4 is 5.32 Å². The van der Waals surface area contributed by atoms with Gasteiger partial charge in [-0.15, -0.1) is 0 Å². The summed E-state index contributed by atoms with van der Waals surface area (Å²) < 4.78 is 0. The van der Waals surface area contributed by atoms with Gasteiger partial charge >= 0.3 is 0 Å². The number of hydrogen-bond donors (Lipinski definition) is 1. The lowest BCUT2D eigenvalue weighted by Crippen LogP contribution is -2.05. The van der Waals surface area contributed by atoms with Crippen molar-refractivity contribution in [3.8, 4) is 0 Å². The summed E-state index contributed by atoms with van der Waals surface area (Å²) in [4.78, 5) is 21.5. The van der Waals surface area contributed by atoms with Gasteiger partial charge in [0.15, 0.2) is 5.82 Å². The van der Waals surface area contributed by atoms with Crippen LogP contribution in [-0.2, 0) is 6.54 Å². The predicted molar refractivity (Wildman–Crippen MR) is 102 cm³/mol. The molecule has 0 bridgehead atoms. The maximum absolute atomic E-state index is 4.65. The largest absolute Gasteiger partial charge is 0.365 e. The summed E-state index contributed by atoms with van der Waals surface area (Å²) in [5.74, 6) is 1.38. The summed E-state index contributed by atoms with van der Waals surface area (Å²) >= 11 is 0. The summed E-state index contributed by atoms with van der Waals surface area (Å²) in [5.41, 5.74) is 2.87. The SMILES string of the molecule is C(=C\c1nc(NCc2cncnc2)c2ccncc2n1)/c1ccccc1. The van der Waals surface area contributed by atoms with Gasteiger partial charge in [-0.2, -0.15) is 0 Å². The van der Waals surface area contributed by atoms with Gasteiger partial charge in [-0.1, -0.05) is 36.4 Å². The molecule has 0 fully saturated rings. The first-order valence-corrected chi connectivity index (χ1v) is 8.21. The van der Waals surface area contributed by atoms with E-state index in [1.165, 1.54) is 6.33 Å². The molecule has 1 N–H and O–H groups in total. The van der Waals surface area contributed by atoms with E-state index in [2.05, 4.69) is 30.2 Å². The number of benzene rings is 1. The fourth-order valence-electron chi connectivity index (χ4n) is 2.55. The van der Waals surface area contributed by atoms with Crippen molar-refractivity contribution in [3.63, 3.8) is 0 Å². The number of pyridine rings is 1. The number of nitrogens with zero attached hydrogens (tertiary/aromatic N) is 5. The van der Waals surface area contributed by atoms with Gasteiger partial charge in [0, 0.05) is 36.1 Å². The number of fused-ring (bicyclic) bond motifs is 1. The van der Waals surface area contributed by atoms with Crippen LogP contribution in [0.15, 0.2) is 67.5 Å². The third-order valence-corrected chi connectivity index (χ3v) is 3.81. The van der Waals surface area contributed by atoms with Crippen molar-refractivity contribution in [2.24, 2.45) is 0 Å². The highest BCUT2D eigenvalue weighted by molar-refractivity contribution is 5.89. The zero-order valence-electron chi connectivity index (χ0n) is 13.9. The third-order valence-electron chi connectivity index (χ3n) is 3.81. The summed E-state index contributed by atoms with van der Waals surface area (Å²) in [5, 5.41) is 4.27. The Morgan fingerprint density at radius 1 is 0.846 bits per heavy atom. The zero-order valence-corrected chi connectivity index (χ0v) is 13.9. The van der Waals surface area contributed by atoms with Crippen LogP contribution in [0.5, 0.6) is 0 Å². The van der Waals surface area contributed by atoms with Gasteiger partial charge in [0.1, 0.15) is 12.1 Å². The first kappa shape index (κ1) is 15.8. The molecule has 6 nitrogen and oxygen atoms in total.